The number of carbonyl (C=O) groups is 4. The summed E-state index contributed by atoms with van der Waals surface area (Å²) >= 11 is 0. The molecule has 0 bridgehead atoms. The van der Waals surface area contributed by atoms with Crippen LogP contribution >= 0.6 is 0 Å². The van der Waals surface area contributed by atoms with Gasteiger partial charge in [-0.05, 0) is 43.0 Å². The number of nitrogens with zero attached hydrogens (tertiary/aromatic N) is 1. The van der Waals surface area contributed by atoms with Gasteiger partial charge in [-0.2, -0.15) is 0 Å². The first-order chi connectivity index (χ1) is 12.9. The number of ether oxygens (including phenoxy) is 2. The second-order valence-corrected chi connectivity index (χ2v) is 6.06. The Balaban J connectivity index is 1.86. The first-order valence-electron chi connectivity index (χ1n) is 8.54. The van der Waals surface area contributed by atoms with Gasteiger partial charge in [0, 0.05) is 12.6 Å². The monoisotopic (exact) mass is 374 g/mol. The summed E-state index contributed by atoms with van der Waals surface area (Å²) in [6, 6.07) is 5.79. The highest BCUT2D eigenvalue weighted by molar-refractivity contribution is 5.92. The van der Waals surface area contributed by atoms with E-state index in [2.05, 4.69) is 4.74 Å². The van der Waals surface area contributed by atoms with E-state index in [9.17, 15) is 19.2 Å². The lowest BCUT2D eigenvalue weighted by molar-refractivity contribution is -0.151. The summed E-state index contributed by atoms with van der Waals surface area (Å²) < 4.78 is 9.55. The molecule has 0 aromatic heterocycles. The van der Waals surface area contributed by atoms with Crippen LogP contribution in [0.2, 0.25) is 0 Å². The third kappa shape index (κ3) is 5.67. The largest absolute Gasteiger partial charge is 0.465 e. The highest BCUT2D eigenvalue weighted by atomic mass is 16.5. The lowest BCUT2D eigenvalue weighted by Gasteiger charge is -2.33. The van der Waals surface area contributed by atoms with Gasteiger partial charge in [0.1, 0.15) is 6.04 Å². The molecule has 0 radical (unpaired) electrons. The van der Waals surface area contributed by atoms with Crippen molar-refractivity contribution in [1.29, 1.82) is 0 Å². The number of hydrogen-bond acceptors (Lipinski definition) is 6. The number of likely N-dealkylation sites (tertiary alicyclic amines) is 1. The number of methoxy groups -OCH3 is 1. The van der Waals surface area contributed by atoms with Gasteiger partial charge in [-0.3, -0.25) is 9.59 Å². The van der Waals surface area contributed by atoms with E-state index < -0.39 is 36.4 Å². The van der Waals surface area contributed by atoms with Gasteiger partial charge >= 0.3 is 11.9 Å². The fourth-order valence-corrected chi connectivity index (χ4v) is 2.80. The molecule has 1 aliphatic rings. The molecule has 144 valence electrons. The number of nitrogens with two attached hydrogens (primary N) is 1. The third-order valence-corrected chi connectivity index (χ3v) is 4.23. The van der Waals surface area contributed by atoms with Crippen LogP contribution in [0.4, 0.5) is 0 Å². The van der Waals surface area contributed by atoms with Crippen LogP contribution in [0.5, 0.6) is 0 Å². The van der Waals surface area contributed by atoms with Gasteiger partial charge in [-0.1, -0.05) is 12.1 Å². The van der Waals surface area contributed by atoms with Crippen LogP contribution < -0.4 is 5.73 Å². The molecule has 8 nitrogen and oxygen atoms in total. The van der Waals surface area contributed by atoms with Gasteiger partial charge in [0.15, 0.2) is 6.61 Å². The average molecular weight is 374 g/mol. The minimum absolute atomic E-state index is 0.397. The van der Waals surface area contributed by atoms with Crippen molar-refractivity contribution < 1.29 is 28.7 Å². The highest BCUT2D eigenvalue weighted by Crippen LogP contribution is 2.17. The predicted octanol–water partition coefficient (Wildman–Crippen LogP) is 0.896. The van der Waals surface area contributed by atoms with Gasteiger partial charge in [-0.25, -0.2) is 9.59 Å². The van der Waals surface area contributed by atoms with Gasteiger partial charge in [0.05, 0.1) is 12.7 Å². The average Bonchev–Trinajstić information content (AvgIpc) is 2.70. The summed E-state index contributed by atoms with van der Waals surface area (Å²) in [7, 11) is 1.29. The Kier molecular flexibility index (Phi) is 7.10. The third-order valence-electron chi connectivity index (χ3n) is 4.23. The fourth-order valence-electron chi connectivity index (χ4n) is 2.80. The molecule has 1 aromatic carbocycles. The first-order valence-corrected chi connectivity index (χ1v) is 8.54. The number of piperidine rings is 1. The van der Waals surface area contributed by atoms with Crippen LogP contribution in [0.3, 0.4) is 0 Å². The molecule has 8 heteroatoms. The highest BCUT2D eigenvalue weighted by Gasteiger charge is 2.30. The normalized spacial score (nSPS) is 16.8. The number of benzene rings is 1. The molecule has 0 unspecified atom stereocenters. The molecule has 1 aliphatic heterocycles. The minimum Gasteiger partial charge on any atom is -0.465 e. The fraction of sp³-hybridized carbons (Fsp3) is 0.368. The lowest BCUT2D eigenvalue weighted by Crippen LogP contribution is -2.51. The SMILES string of the molecule is COC(=O)c1ccc(/C=C/C(=O)OCC(=O)N2CCCC[C@@H]2C(N)=O)cc1. The Labute approximate surface area is 156 Å². The zero-order valence-electron chi connectivity index (χ0n) is 15.1. The predicted molar refractivity (Wildman–Crippen MR) is 96.3 cm³/mol. The Hall–Kier alpha value is -3.16. The van der Waals surface area contributed by atoms with E-state index in [1.807, 2.05) is 0 Å². The summed E-state index contributed by atoms with van der Waals surface area (Å²) in [6.45, 7) is -0.0272. The van der Waals surface area contributed by atoms with Crippen molar-refractivity contribution in [1.82, 2.24) is 4.90 Å². The van der Waals surface area contributed by atoms with Crippen molar-refractivity contribution in [2.24, 2.45) is 5.73 Å². The van der Waals surface area contributed by atoms with E-state index in [4.69, 9.17) is 10.5 Å². The molecule has 1 atom stereocenters. The molecule has 2 rings (SSSR count). The van der Waals surface area contributed by atoms with Crippen LogP contribution in [-0.4, -0.2) is 55.0 Å². The molecular weight excluding hydrogens is 352 g/mol. The second kappa shape index (κ2) is 9.51. The molecule has 0 saturated carbocycles. The Morgan fingerprint density at radius 3 is 2.52 bits per heavy atom. The minimum atomic E-state index is -0.687. The molecule has 27 heavy (non-hydrogen) atoms. The lowest BCUT2D eigenvalue weighted by atomic mass is 10.0. The summed E-state index contributed by atoms with van der Waals surface area (Å²) in [6.07, 6.45) is 4.82. The maximum absolute atomic E-state index is 12.2. The van der Waals surface area contributed by atoms with Crippen LogP contribution in [0.15, 0.2) is 30.3 Å². The molecule has 1 fully saturated rings. The Morgan fingerprint density at radius 1 is 1.19 bits per heavy atom. The van der Waals surface area contributed by atoms with E-state index >= 15 is 0 Å². The molecule has 1 saturated heterocycles. The summed E-state index contributed by atoms with van der Waals surface area (Å²) in [5, 5.41) is 0. The van der Waals surface area contributed by atoms with E-state index in [-0.39, 0.29) is 0 Å². The smallest absolute Gasteiger partial charge is 0.337 e. The van der Waals surface area contributed by atoms with Crippen molar-refractivity contribution in [3.63, 3.8) is 0 Å². The standard InChI is InChI=1S/C19H22N2O6/c1-26-19(25)14-8-5-13(6-9-14)7-10-17(23)27-12-16(22)21-11-3-2-4-15(21)18(20)24/h5-10,15H,2-4,11-12H2,1H3,(H2,20,24)/b10-7+/t15-/m1/s1. The van der Waals surface area contributed by atoms with E-state index in [0.717, 1.165) is 12.8 Å². The Bertz CT molecular complexity index is 741. The molecule has 1 heterocycles. The number of hydrogen-bond donors (Lipinski definition) is 1. The number of amides is 2. The quantitative estimate of drug-likeness (QED) is 0.584. The molecule has 2 N–H and O–H groups in total. The van der Waals surface area contributed by atoms with Crippen molar-refractivity contribution in [3.8, 4) is 0 Å². The van der Waals surface area contributed by atoms with Gasteiger partial charge in [-0.15, -0.1) is 0 Å². The van der Waals surface area contributed by atoms with Crippen molar-refractivity contribution in [2.45, 2.75) is 25.3 Å². The van der Waals surface area contributed by atoms with Crippen molar-refractivity contribution in [2.75, 3.05) is 20.3 Å². The number of primary amides is 1. The van der Waals surface area contributed by atoms with E-state index in [1.165, 1.54) is 24.2 Å². The molecule has 0 aliphatic carbocycles. The molecule has 0 spiro atoms. The van der Waals surface area contributed by atoms with Crippen molar-refractivity contribution in [3.05, 3.63) is 41.5 Å². The van der Waals surface area contributed by atoms with E-state index in [0.29, 0.717) is 24.1 Å². The topological polar surface area (TPSA) is 116 Å². The summed E-state index contributed by atoms with van der Waals surface area (Å²) in [4.78, 5) is 48.1. The van der Waals surface area contributed by atoms with Gasteiger partial charge in [0.25, 0.3) is 5.91 Å². The van der Waals surface area contributed by atoms with Crippen molar-refractivity contribution >= 4 is 29.8 Å². The molecule has 2 amide bonds. The maximum atomic E-state index is 12.2. The number of rotatable bonds is 6. The summed E-state index contributed by atoms with van der Waals surface area (Å²) in [5.41, 5.74) is 6.39. The van der Waals surface area contributed by atoms with Crippen LogP contribution in [0.25, 0.3) is 6.08 Å². The van der Waals surface area contributed by atoms with Crippen LogP contribution in [0.1, 0.15) is 35.2 Å². The van der Waals surface area contributed by atoms with E-state index in [1.54, 1.807) is 24.3 Å². The first kappa shape index (κ1) is 20.2. The molecule has 1 aromatic rings. The van der Waals surface area contributed by atoms with Gasteiger partial charge < -0.3 is 20.1 Å². The maximum Gasteiger partial charge on any atom is 0.337 e. The zero-order valence-corrected chi connectivity index (χ0v) is 15.1. The Morgan fingerprint density at radius 2 is 1.89 bits per heavy atom. The summed E-state index contributed by atoms with van der Waals surface area (Å²) in [5.74, 6) is -2.13. The number of esters is 2. The second-order valence-electron chi connectivity index (χ2n) is 6.06. The zero-order chi connectivity index (χ0) is 19.8. The van der Waals surface area contributed by atoms with Crippen LogP contribution in [0, 0.1) is 0 Å². The number of carbonyl (C=O) groups excluding carboxylic acids is 4. The van der Waals surface area contributed by atoms with Crippen LogP contribution in [-0.2, 0) is 23.9 Å². The molecular formula is C19H22N2O6. The van der Waals surface area contributed by atoms with Gasteiger partial charge in [0.2, 0.25) is 5.91 Å².